The van der Waals surface area contributed by atoms with Crippen LogP contribution >= 0.6 is 27.5 Å². The Morgan fingerprint density at radius 2 is 1.68 bits per heavy atom. The third-order valence-electron chi connectivity index (χ3n) is 5.44. The van der Waals surface area contributed by atoms with E-state index < -0.39 is 36.8 Å². The molecule has 4 rings (SSSR count). The average molecular weight is 544 g/mol. The molecule has 0 aromatic heterocycles. The van der Waals surface area contributed by atoms with Crippen molar-refractivity contribution in [2.45, 2.75) is 35.5 Å². The second-order valence-electron chi connectivity index (χ2n) is 7.33. The molecular weight excluding hydrogens is 528 g/mol. The van der Waals surface area contributed by atoms with Crippen molar-refractivity contribution in [3.63, 3.8) is 0 Å². The Kier molecular flexibility index (Phi) is 5.74. The molecule has 0 radical (unpaired) electrons. The standard InChI is InChI=1S/C21H16BrClO6S2/c22-12-4-6-13(7-5-12)31(28,29)18-3-1-2-16(24)19(18)21(25)15-8-9-17-14(20(15)23)10-11-30(17,26)27/h4-9H,1-3,10-11H2. The van der Waals surface area contributed by atoms with Gasteiger partial charge in [0, 0.05) is 16.5 Å². The number of halogens is 2. The van der Waals surface area contributed by atoms with Gasteiger partial charge in [0.2, 0.25) is 9.84 Å². The van der Waals surface area contributed by atoms with Crippen LogP contribution in [-0.4, -0.2) is 34.2 Å². The molecule has 31 heavy (non-hydrogen) atoms. The van der Waals surface area contributed by atoms with E-state index in [0.717, 1.165) is 0 Å². The van der Waals surface area contributed by atoms with Gasteiger partial charge in [0.1, 0.15) is 0 Å². The molecule has 1 heterocycles. The molecule has 0 fully saturated rings. The molecule has 2 aromatic carbocycles. The number of Topliss-reactive ketones (excluding diaryl/α,β-unsaturated/α-hetero) is 2. The van der Waals surface area contributed by atoms with Crippen LogP contribution in [0.2, 0.25) is 5.02 Å². The topological polar surface area (TPSA) is 102 Å². The zero-order chi connectivity index (χ0) is 22.6. The zero-order valence-corrected chi connectivity index (χ0v) is 20.0. The van der Waals surface area contributed by atoms with Crippen molar-refractivity contribution in [1.82, 2.24) is 0 Å². The molecule has 0 amide bonds. The fourth-order valence-electron chi connectivity index (χ4n) is 3.88. The molecule has 0 atom stereocenters. The summed E-state index contributed by atoms with van der Waals surface area (Å²) in [6.07, 6.45) is 0.588. The van der Waals surface area contributed by atoms with Gasteiger partial charge in [-0.2, -0.15) is 0 Å². The summed E-state index contributed by atoms with van der Waals surface area (Å²) >= 11 is 9.62. The summed E-state index contributed by atoms with van der Waals surface area (Å²) in [7, 11) is -7.53. The summed E-state index contributed by atoms with van der Waals surface area (Å²) in [5.41, 5.74) is -0.128. The number of hydrogen-bond donors (Lipinski definition) is 0. The van der Waals surface area contributed by atoms with Crippen LogP contribution in [0.25, 0.3) is 0 Å². The zero-order valence-electron chi connectivity index (χ0n) is 16.0. The average Bonchev–Trinajstić information content (AvgIpc) is 3.03. The van der Waals surface area contributed by atoms with E-state index in [1.54, 1.807) is 12.1 Å². The third kappa shape index (κ3) is 3.82. The highest BCUT2D eigenvalue weighted by Gasteiger charge is 2.37. The first-order valence-electron chi connectivity index (χ1n) is 9.40. The van der Waals surface area contributed by atoms with Gasteiger partial charge in [-0.05, 0) is 61.2 Å². The predicted molar refractivity (Wildman–Crippen MR) is 119 cm³/mol. The van der Waals surface area contributed by atoms with Crippen LogP contribution in [0.15, 0.2) is 61.1 Å². The monoisotopic (exact) mass is 542 g/mol. The maximum atomic E-state index is 13.4. The number of allylic oxidation sites excluding steroid dienone is 2. The largest absolute Gasteiger partial charge is 0.294 e. The highest BCUT2D eigenvalue weighted by Crippen LogP contribution is 2.38. The third-order valence-corrected chi connectivity index (χ3v) is 10.1. The van der Waals surface area contributed by atoms with Gasteiger partial charge in [0.15, 0.2) is 21.4 Å². The van der Waals surface area contributed by atoms with E-state index in [2.05, 4.69) is 15.9 Å². The maximum Gasteiger partial charge on any atom is 0.203 e. The van der Waals surface area contributed by atoms with Crippen LogP contribution in [0.5, 0.6) is 0 Å². The first-order chi connectivity index (χ1) is 14.5. The predicted octanol–water partition coefficient (Wildman–Crippen LogP) is 4.10. The van der Waals surface area contributed by atoms with Crippen molar-refractivity contribution >= 4 is 58.8 Å². The van der Waals surface area contributed by atoms with Gasteiger partial charge < -0.3 is 0 Å². The molecule has 0 saturated carbocycles. The van der Waals surface area contributed by atoms with E-state index in [-0.39, 0.29) is 50.3 Å². The van der Waals surface area contributed by atoms with Gasteiger partial charge in [0.25, 0.3) is 0 Å². The number of sulfone groups is 2. The van der Waals surface area contributed by atoms with Crippen molar-refractivity contribution < 1.29 is 26.4 Å². The number of benzene rings is 2. The van der Waals surface area contributed by atoms with Gasteiger partial charge in [-0.1, -0.05) is 27.5 Å². The molecule has 0 bridgehead atoms. The maximum absolute atomic E-state index is 13.4. The Bertz CT molecular complexity index is 1370. The molecule has 6 nitrogen and oxygen atoms in total. The van der Waals surface area contributed by atoms with Gasteiger partial charge in [-0.15, -0.1) is 0 Å². The Labute approximate surface area is 193 Å². The van der Waals surface area contributed by atoms with Crippen LogP contribution in [-0.2, 0) is 30.9 Å². The molecular formula is C21H16BrClO6S2. The summed E-state index contributed by atoms with van der Waals surface area (Å²) in [6.45, 7) is 0. The minimum Gasteiger partial charge on any atom is -0.294 e. The molecule has 0 unspecified atom stereocenters. The summed E-state index contributed by atoms with van der Waals surface area (Å²) in [5.74, 6) is -1.46. The minimum absolute atomic E-state index is 0.0168. The summed E-state index contributed by atoms with van der Waals surface area (Å²) in [5, 5.41) is -0.0464. The van der Waals surface area contributed by atoms with Crippen LogP contribution in [0.3, 0.4) is 0 Å². The van der Waals surface area contributed by atoms with E-state index >= 15 is 0 Å². The second kappa shape index (κ2) is 7.95. The fraction of sp³-hybridized carbons (Fsp3) is 0.238. The lowest BCUT2D eigenvalue weighted by Crippen LogP contribution is -2.24. The van der Waals surface area contributed by atoms with Crippen molar-refractivity contribution in [3.05, 3.63) is 67.5 Å². The molecule has 2 aromatic rings. The Morgan fingerprint density at radius 1 is 1.00 bits per heavy atom. The van der Waals surface area contributed by atoms with Gasteiger partial charge in [0.05, 0.1) is 31.0 Å². The number of hydrogen-bond acceptors (Lipinski definition) is 6. The van der Waals surface area contributed by atoms with Crippen molar-refractivity contribution in [2.75, 3.05) is 5.75 Å². The molecule has 162 valence electrons. The van der Waals surface area contributed by atoms with Crippen LogP contribution < -0.4 is 0 Å². The Hall–Kier alpha value is -1.81. The lowest BCUT2D eigenvalue weighted by atomic mass is 9.91. The highest BCUT2D eigenvalue weighted by molar-refractivity contribution is 9.10. The normalized spacial score (nSPS) is 18.2. The van der Waals surface area contributed by atoms with E-state index in [4.69, 9.17) is 11.6 Å². The van der Waals surface area contributed by atoms with Crippen molar-refractivity contribution in [3.8, 4) is 0 Å². The van der Waals surface area contributed by atoms with Gasteiger partial charge >= 0.3 is 0 Å². The number of rotatable bonds is 4. The Balaban J connectivity index is 1.88. The quantitative estimate of drug-likeness (QED) is 0.425. The van der Waals surface area contributed by atoms with E-state index in [1.165, 1.54) is 24.3 Å². The summed E-state index contributed by atoms with van der Waals surface area (Å²) in [4.78, 5) is 25.9. The summed E-state index contributed by atoms with van der Waals surface area (Å²) < 4.78 is 51.4. The first-order valence-corrected chi connectivity index (χ1v) is 13.7. The number of fused-ring (bicyclic) bond motifs is 1. The SMILES string of the molecule is O=C1CCCC(S(=O)(=O)c2ccc(Br)cc2)=C1C(=O)c1ccc2c(c1Cl)CCS2(=O)=O. The second-order valence-corrected chi connectivity index (χ2v) is 12.7. The molecule has 0 spiro atoms. The minimum atomic E-state index is -4.08. The van der Waals surface area contributed by atoms with Crippen molar-refractivity contribution in [1.29, 1.82) is 0 Å². The Morgan fingerprint density at radius 3 is 2.35 bits per heavy atom. The first kappa shape index (κ1) is 22.4. The smallest absolute Gasteiger partial charge is 0.203 e. The molecule has 2 aliphatic rings. The number of carbonyl (C=O) groups is 2. The lowest BCUT2D eigenvalue weighted by Gasteiger charge is -2.19. The van der Waals surface area contributed by atoms with Crippen LogP contribution in [0.1, 0.15) is 35.2 Å². The van der Waals surface area contributed by atoms with E-state index in [0.29, 0.717) is 16.5 Å². The number of ketones is 2. The van der Waals surface area contributed by atoms with Gasteiger partial charge in [-0.3, -0.25) is 9.59 Å². The molecule has 0 N–H and O–H groups in total. The van der Waals surface area contributed by atoms with Crippen molar-refractivity contribution in [2.24, 2.45) is 0 Å². The van der Waals surface area contributed by atoms with E-state index in [1.807, 2.05) is 0 Å². The molecule has 10 heteroatoms. The fourth-order valence-corrected chi connectivity index (χ4v) is 7.76. The van der Waals surface area contributed by atoms with Crippen LogP contribution in [0, 0.1) is 0 Å². The molecule has 1 aliphatic heterocycles. The highest BCUT2D eigenvalue weighted by atomic mass is 79.9. The van der Waals surface area contributed by atoms with Gasteiger partial charge in [-0.25, -0.2) is 16.8 Å². The molecule has 1 aliphatic carbocycles. The molecule has 0 saturated heterocycles. The summed E-state index contributed by atoms with van der Waals surface area (Å²) in [6, 6.07) is 8.50. The van der Waals surface area contributed by atoms with Crippen LogP contribution in [0.4, 0.5) is 0 Å². The van der Waals surface area contributed by atoms with E-state index in [9.17, 15) is 26.4 Å². The lowest BCUT2D eigenvalue weighted by molar-refractivity contribution is -0.115. The number of carbonyl (C=O) groups excluding carboxylic acids is 2.